The molecular weight excluding hydrogens is 250 g/mol. The first-order chi connectivity index (χ1) is 9.75. The van der Waals surface area contributed by atoms with Gasteiger partial charge in [0.05, 0.1) is 0 Å². The highest BCUT2D eigenvalue weighted by molar-refractivity contribution is 5.76. The normalized spacial score (nSPS) is 15.4. The van der Waals surface area contributed by atoms with Gasteiger partial charge in [-0.1, -0.05) is 12.8 Å². The summed E-state index contributed by atoms with van der Waals surface area (Å²) in [6.07, 6.45) is 10.3. The number of amides is 1. The molecule has 1 saturated carbocycles. The second kappa shape index (κ2) is 8.00. The molecule has 0 bridgehead atoms. The zero-order valence-corrected chi connectivity index (χ0v) is 12.3. The third kappa shape index (κ3) is 4.93. The number of nitrogens with one attached hydrogen (secondary N) is 1. The summed E-state index contributed by atoms with van der Waals surface area (Å²) in [5.41, 5.74) is 1.23. The maximum Gasteiger partial charge on any atom is 0.223 e. The molecule has 0 unspecified atom stereocenters. The van der Waals surface area contributed by atoms with E-state index in [-0.39, 0.29) is 5.91 Å². The topological polar surface area (TPSA) is 45.2 Å². The van der Waals surface area contributed by atoms with Crippen molar-refractivity contribution in [2.24, 2.45) is 0 Å². The number of rotatable bonds is 7. The first-order valence-electron chi connectivity index (χ1n) is 7.62. The molecule has 0 atom stereocenters. The van der Waals surface area contributed by atoms with Gasteiger partial charge in [0.1, 0.15) is 0 Å². The van der Waals surface area contributed by atoms with Crippen molar-refractivity contribution in [2.75, 3.05) is 20.1 Å². The molecule has 20 heavy (non-hydrogen) atoms. The third-order valence-corrected chi connectivity index (χ3v) is 4.04. The Morgan fingerprint density at radius 1 is 1.35 bits per heavy atom. The zero-order valence-electron chi connectivity index (χ0n) is 12.3. The molecule has 4 heteroatoms. The summed E-state index contributed by atoms with van der Waals surface area (Å²) in [7, 11) is 1.89. The van der Waals surface area contributed by atoms with Crippen molar-refractivity contribution in [3.8, 4) is 0 Å². The van der Waals surface area contributed by atoms with Gasteiger partial charge in [-0.25, -0.2) is 0 Å². The molecule has 0 spiro atoms. The lowest BCUT2D eigenvalue weighted by atomic mass is 10.2. The number of carbonyl (C=O) groups is 1. The molecule has 0 saturated heterocycles. The molecule has 1 amide bonds. The van der Waals surface area contributed by atoms with Gasteiger partial charge in [0.15, 0.2) is 0 Å². The molecule has 1 fully saturated rings. The predicted octanol–water partition coefficient (Wildman–Crippen LogP) is 2.00. The zero-order chi connectivity index (χ0) is 14.2. The highest BCUT2D eigenvalue weighted by Gasteiger charge is 2.15. The smallest absolute Gasteiger partial charge is 0.223 e. The molecule has 0 radical (unpaired) electrons. The number of hydrogen-bond acceptors (Lipinski definition) is 3. The number of likely N-dealkylation sites (N-methyl/N-ethyl adjacent to an activating group) is 1. The summed E-state index contributed by atoms with van der Waals surface area (Å²) in [5, 5.41) is 3.49. The summed E-state index contributed by atoms with van der Waals surface area (Å²) in [6.45, 7) is 1.58. The highest BCUT2D eigenvalue weighted by Crippen LogP contribution is 2.17. The summed E-state index contributed by atoms with van der Waals surface area (Å²) in [4.78, 5) is 17.8. The van der Waals surface area contributed by atoms with E-state index in [2.05, 4.69) is 10.3 Å². The van der Waals surface area contributed by atoms with Crippen molar-refractivity contribution in [2.45, 2.75) is 44.6 Å². The van der Waals surface area contributed by atoms with Gasteiger partial charge < -0.3 is 10.2 Å². The quantitative estimate of drug-likeness (QED) is 0.828. The summed E-state index contributed by atoms with van der Waals surface area (Å²) < 4.78 is 0. The number of hydrogen-bond donors (Lipinski definition) is 1. The Kier molecular flexibility index (Phi) is 5.99. The van der Waals surface area contributed by atoms with Crippen molar-refractivity contribution in [1.82, 2.24) is 15.2 Å². The van der Waals surface area contributed by atoms with Crippen LogP contribution in [0.5, 0.6) is 0 Å². The minimum absolute atomic E-state index is 0.226. The molecule has 1 aliphatic carbocycles. The lowest BCUT2D eigenvalue weighted by Crippen LogP contribution is -2.34. The molecule has 4 nitrogen and oxygen atoms in total. The molecule has 1 aromatic heterocycles. The van der Waals surface area contributed by atoms with E-state index in [9.17, 15) is 4.79 Å². The average molecular weight is 275 g/mol. The molecule has 1 N–H and O–H groups in total. The van der Waals surface area contributed by atoms with Crippen LogP contribution in [0, 0.1) is 0 Å². The first-order valence-corrected chi connectivity index (χ1v) is 7.62. The lowest BCUT2D eigenvalue weighted by molar-refractivity contribution is -0.129. The molecular formula is C16H25N3O. The van der Waals surface area contributed by atoms with Crippen LogP contribution in [-0.4, -0.2) is 42.0 Å². The van der Waals surface area contributed by atoms with Crippen LogP contribution in [0.15, 0.2) is 24.5 Å². The number of pyridine rings is 1. The fourth-order valence-corrected chi connectivity index (χ4v) is 2.67. The van der Waals surface area contributed by atoms with Gasteiger partial charge >= 0.3 is 0 Å². The van der Waals surface area contributed by atoms with E-state index in [0.717, 1.165) is 19.5 Å². The van der Waals surface area contributed by atoms with Crippen molar-refractivity contribution in [3.05, 3.63) is 30.1 Å². The number of aromatic nitrogens is 1. The van der Waals surface area contributed by atoms with E-state index in [1.165, 1.54) is 31.2 Å². The molecule has 1 aliphatic rings. The maximum atomic E-state index is 12.0. The highest BCUT2D eigenvalue weighted by atomic mass is 16.2. The van der Waals surface area contributed by atoms with Gasteiger partial charge in [-0.2, -0.15) is 0 Å². The van der Waals surface area contributed by atoms with Gasteiger partial charge in [0.2, 0.25) is 5.91 Å². The van der Waals surface area contributed by atoms with Crippen LogP contribution < -0.4 is 5.32 Å². The Labute approximate surface area is 121 Å². The Balaban J connectivity index is 1.61. The summed E-state index contributed by atoms with van der Waals surface area (Å²) in [5.74, 6) is 0.226. The van der Waals surface area contributed by atoms with Gasteiger partial charge in [-0.3, -0.25) is 9.78 Å². The van der Waals surface area contributed by atoms with E-state index < -0.39 is 0 Å². The Hall–Kier alpha value is -1.42. The molecule has 2 rings (SSSR count). The first kappa shape index (κ1) is 15.0. The van der Waals surface area contributed by atoms with Crippen LogP contribution >= 0.6 is 0 Å². The van der Waals surface area contributed by atoms with Crippen LogP contribution in [0.1, 0.15) is 37.7 Å². The van der Waals surface area contributed by atoms with E-state index in [4.69, 9.17) is 0 Å². The van der Waals surface area contributed by atoms with E-state index >= 15 is 0 Å². The van der Waals surface area contributed by atoms with Crippen LogP contribution in [-0.2, 0) is 11.2 Å². The van der Waals surface area contributed by atoms with Crippen LogP contribution in [0.25, 0.3) is 0 Å². The SMILES string of the molecule is CN(CCc1ccncc1)C(=O)CCNC1CCCC1. The Bertz CT molecular complexity index is 401. The van der Waals surface area contributed by atoms with Gasteiger partial charge in [0.25, 0.3) is 0 Å². The molecule has 0 aromatic carbocycles. The van der Waals surface area contributed by atoms with Crippen molar-refractivity contribution >= 4 is 5.91 Å². The van der Waals surface area contributed by atoms with Crippen LogP contribution in [0.4, 0.5) is 0 Å². The van der Waals surface area contributed by atoms with Crippen LogP contribution in [0.2, 0.25) is 0 Å². The van der Waals surface area contributed by atoms with Crippen molar-refractivity contribution in [3.63, 3.8) is 0 Å². The van der Waals surface area contributed by atoms with Gasteiger partial charge in [-0.15, -0.1) is 0 Å². The summed E-state index contributed by atoms with van der Waals surface area (Å²) >= 11 is 0. The largest absolute Gasteiger partial charge is 0.345 e. The molecule has 0 aliphatic heterocycles. The Morgan fingerprint density at radius 2 is 2.05 bits per heavy atom. The minimum Gasteiger partial charge on any atom is -0.345 e. The Morgan fingerprint density at radius 3 is 2.75 bits per heavy atom. The summed E-state index contributed by atoms with van der Waals surface area (Å²) in [6, 6.07) is 4.64. The second-order valence-electron chi connectivity index (χ2n) is 5.61. The van der Waals surface area contributed by atoms with Crippen molar-refractivity contribution in [1.29, 1.82) is 0 Å². The van der Waals surface area contributed by atoms with Gasteiger partial charge in [-0.05, 0) is 37.0 Å². The third-order valence-electron chi connectivity index (χ3n) is 4.04. The van der Waals surface area contributed by atoms with E-state index in [0.29, 0.717) is 12.5 Å². The predicted molar refractivity (Wildman–Crippen MR) is 80.5 cm³/mol. The van der Waals surface area contributed by atoms with E-state index in [1.807, 2.05) is 24.1 Å². The maximum absolute atomic E-state index is 12.0. The standard InChI is InChI=1S/C16H25N3O/c1-19(13-9-14-6-10-17-11-7-14)16(20)8-12-18-15-4-2-3-5-15/h6-7,10-11,15,18H,2-5,8-9,12-13H2,1H3. The second-order valence-corrected chi connectivity index (χ2v) is 5.61. The lowest BCUT2D eigenvalue weighted by Gasteiger charge is -2.18. The molecule has 1 heterocycles. The average Bonchev–Trinajstić information content (AvgIpc) is 2.99. The van der Waals surface area contributed by atoms with Crippen molar-refractivity contribution < 1.29 is 4.79 Å². The number of carbonyl (C=O) groups excluding carboxylic acids is 1. The van der Waals surface area contributed by atoms with Gasteiger partial charge in [0, 0.05) is 45.0 Å². The minimum atomic E-state index is 0.226. The van der Waals surface area contributed by atoms with Crippen LogP contribution in [0.3, 0.4) is 0 Å². The van der Waals surface area contributed by atoms with E-state index in [1.54, 1.807) is 12.4 Å². The molecule has 1 aromatic rings. The fraction of sp³-hybridized carbons (Fsp3) is 0.625. The molecule has 110 valence electrons. The number of nitrogens with zero attached hydrogens (tertiary/aromatic N) is 2. The fourth-order valence-electron chi connectivity index (χ4n) is 2.67. The monoisotopic (exact) mass is 275 g/mol.